The molecule has 0 bridgehead atoms. The van der Waals surface area contributed by atoms with Gasteiger partial charge in [-0.15, -0.1) is 12.4 Å². The molecule has 0 aromatic heterocycles. The van der Waals surface area contributed by atoms with Crippen molar-refractivity contribution in [3.05, 3.63) is 35.4 Å². The highest BCUT2D eigenvalue weighted by Crippen LogP contribution is 2.19. The lowest BCUT2D eigenvalue weighted by molar-refractivity contribution is -0.126. The second kappa shape index (κ2) is 11.1. The largest absolute Gasteiger partial charge is 0.355 e. The number of piperidine rings is 1. The summed E-state index contributed by atoms with van der Waals surface area (Å²) < 4.78 is 0. The molecule has 1 heterocycles. The van der Waals surface area contributed by atoms with Gasteiger partial charge in [0.15, 0.2) is 0 Å². The van der Waals surface area contributed by atoms with Crippen LogP contribution >= 0.6 is 12.4 Å². The van der Waals surface area contributed by atoms with Crippen LogP contribution in [-0.4, -0.2) is 49.4 Å². The highest BCUT2D eigenvalue weighted by Gasteiger charge is 2.28. The number of hydrogen-bond donors (Lipinski definition) is 2. The van der Waals surface area contributed by atoms with Crippen LogP contribution in [0.15, 0.2) is 24.3 Å². The summed E-state index contributed by atoms with van der Waals surface area (Å²) in [5.74, 6) is -0.00820. The van der Waals surface area contributed by atoms with E-state index in [-0.39, 0.29) is 30.1 Å². The molecule has 0 spiro atoms. The number of halogens is 1. The van der Waals surface area contributed by atoms with Crippen LogP contribution in [0.4, 0.5) is 0 Å². The van der Waals surface area contributed by atoms with Crippen LogP contribution in [-0.2, 0) is 4.79 Å². The van der Waals surface area contributed by atoms with E-state index in [1.54, 1.807) is 0 Å². The Labute approximate surface area is 157 Å². The highest BCUT2D eigenvalue weighted by atomic mass is 35.5. The maximum absolute atomic E-state index is 12.6. The molecule has 1 aromatic carbocycles. The molecule has 0 saturated carbocycles. The van der Waals surface area contributed by atoms with E-state index in [1.165, 1.54) is 0 Å². The SMILES string of the molecule is CCCNCCNC(=O)C1CCCN(C(=O)c2ccc(C)cc2)C1.Cl. The molecule has 5 nitrogen and oxygen atoms in total. The van der Waals surface area contributed by atoms with Gasteiger partial charge in [0.2, 0.25) is 5.91 Å². The first kappa shape index (κ1) is 21.5. The van der Waals surface area contributed by atoms with Gasteiger partial charge in [-0.25, -0.2) is 0 Å². The van der Waals surface area contributed by atoms with E-state index in [2.05, 4.69) is 17.6 Å². The number of likely N-dealkylation sites (tertiary alicyclic amines) is 1. The smallest absolute Gasteiger partial charge is 0.253 e. The fourth-order valence-electron chi connectivity index (χ4n) is 2.97. The number of amides is 2. The Balaban J connectivity index is 0.00000312. The predicted octanol–water partition coefficient (Wildman–Crippen LogP) is 2.38. The lowest BCUT2D eigenvalue weighted by atomic mass is 9.96. The van der Waals surface area contributed by atoms with Crippen molar-refractivity contribution in [2.24, 2.45) is 5.92 Å². The summed E-state index contributed by atoms with van der Waals surface area (Å²) in [4.78, 5) is 26.7. The summed E-state index contributed by atoms with van der Waals surface area (Å²) in [6.07, 6.45) is 2.82. The Hall–Kier alpha value is -1.59. The van der Waals surface area contributed by atoms with Crippen LogP contribution in [0.1, 0.15) is 42.1 Å². The maximum atomic E-state index is 12.6. The third kappa shape index (κ3) is 6.67. The molecule has 6 heteroatoms. The molecule has 2 N–H and O–H groups in total. The first-order valence-corrected chi connectivity index (χ1v) is 8.96. The fraction of sp³-hybridized carbons (Fsp3) is 0.579. The van der Waals surface area contributed by atoms with E-state index < -0.39 is 0 Å². The summed E-state index contributed by atoms with van der Waals surface area (Å²) in [6.45, 7) is 7.77. The molecule has 0 radical (unpaired) electrons. The Morgan fingerprint density at radius 3 is 2.56 bits per heavy atom. The molecule has 1 atom stereocenters. The van der Waals surface area contributed by atoms with Crippen molar-refractivity contribution in [1.82, 2.24) is 15.5 Å². The Morgan fingerprint density at radius 1 is 1.16 bits per heavy atom. The van der Waals surface area contributed by atoms with Crippen molar-refractivity contribution >= 4 is 24.2 Å². The highest BCUT2D eigenvalue weighted by molar-refractivity contribution is 5.94. The third-order valence-corrected chi connectivity index (χ3v) is 4.41. The second-order valence-corrected chi connectivity index (χ2v) is 6.50. The Morgan fingerprint density at radius 2 is 1.88 bits per heavy atom. The zero-order valence-corrected chi connectivity index (χ0v) is 16.0. The van der Waals surface area contributed by atoms with Gasteiger partial charge < -0.3 is 15.5 Å². The first-order valence-electron chi connectivity index (χ1n) is 8.96. The molecular weight excluding hydrogens is 338 g/mol. The molecule has 1 aliphatic rings. The molecular formula is C19H30ClN3O2. The van der Waals surface area contributed by atoms with Gasteiger partial charge in [0.25, 0.3) is 5.91 Å². The maximum Gasteiger partial charge on any atom is 0.253 e. The van der Waals surface area contributed by atoms with E-state index in [0.29, 0.717) is 18.7 Å². The molecule has 1 fully saturated rings. The molecule has 1 aliphatic heterocycles. The topological polar surface area (TPSA) is 61.4 Å². The van der Waals surface area contributed by atoms with Gasteiger partial charge in [0, 0.05) is 31.7 Å². The number of benzene rings is 1. The van der Waals surface area contributed by atoms with Crippen molar-refractivity contribution in [2.45, 2.75) is 33.1 Å². The number of carbonyl (C=O) groups excluding carboxylic acids is 2. The van der Waals surface area contributed by atoms with E-state index in [0.717, 1.165) is 44.5 Å². The monoisotopic (exact) mass is 367 g/mol. The zero-order valence-electron chi connectivity index (χ0n) is 15.2. The summed E-state index contributed by atoms with van der Waals surface area (Å²) in [5.41, 5.74) is 1.84. The van der Waals surface area contributed by atoms with Gasteiger partial charge in [-0.05, 0) is 44.9 Å². The average Bonchev–Trinajstić information content (AvgIpc) is 2.61. The lowest BCUT2D eigenvalue weighted by Gasteiger charge is -2.32. The van der Waals surface area contributed by atoms with Gasteiger partial charge in [-0.1, -0.05) is 24.6 Å². The van der Waals surface area contributed by atoms with Gasteiger partial charge in [0.1, 0.15) is 0 Å². The first-order chi connectivity index (χ1) is 11.6. The van der Waals surface area contributed by atoms with Gasteiger partial charge >= 0.3 is 0 Å². The molecule has 1 unspecified atom stereocenters. The van der Waals surface area contributed by atoms with Gasteiger partial charge in [-0.3, -0.25) is 9.59 Å². The van der Waals surface area contributed by atoms with E-state index in [9.17, 15) is 9.59 Å². The van der Waals surface area contributed by atoms with E-state index >= 15 is 0 Å². The summed E-state index contributed by atoms with van der Waals surface area (Å²) in [7, 11) is 0. The minimum atomic E-state index is -0.0978. The van der Waals surface area contributed by atoms with Crippen molar-refractivity contribution in [2.75, 3.05) is 32.7 Å². The molecule has 1 saturated heterocycles. The van der Waals surface area contributed by atoms with Gasteiger partial charge in [-0.2, -0.15) is 0 Å². The van der Waals surface area contributed by atoms with E-state index in [4.69, 9.17) is 0 Å². The van der Waals surface area contributed by atoms with Crippen LogP contribution in [0.5, 0.6) is 0 Å². The third-order valence-electron chi connectivity index (χ3n) is 4.41. The van der Waals surface area contributed by atoms with Crippen molar-refractivity contribution in [1.29, 1.82) is 0 Å². The van der Waals surface area contributed by atoms with Crippen molar-refractivity contribution in [3.8, 4) is 0 Å². The minimum absolute atomic E-state index is 0. The zero-order chi connectivity index (χ0) is 17.4. The number of nitrogens with one attached hydrogen (secondary N) is 2. The quantitative estimate of drug-likeness (QED) is 0.727. The Kier molecular flexibility index (Phi) is 9.53. The average molecular weight is 368 g/mol. The normalized spacial score (nSPS) is 16.9. The standard InChI is InChI=1S/C19H29N3O2.ClH/c1-3-10-20-11-12-21-18(23)17-5-4-13-22(14-17)19(24)16-8-6-15(2)7-9-16;/h6-9,17,20H,3-5,10-14H2,1-2H3,(H,21,23);1H. The van der Waals surface area contributed by atoms with Crippen LogP contribution in [0.25, 0.3) is 0 Å². The van der Waals surface area contributed by atoms with E-state index in [1.807, 2.05) is 36.1 Å². The molecule has 2 rings (SSSR count). The number of nitrogens with zero attached hydrogens (tertiary/aromatic N) is 1. The summed E-state index contributed by atoms with van der Waals surface area (Å²) in [6, 6.07) is 7.62. The van der Waals surface area contributed by atoms with Crippen LogP contribution in [0.3, 0.4) is 0 Å². The second-order valence-electron chi connectivity index (χ2n) is 6.50. The number of rotatable bonds is 7. The number of aryl methyl sites for hydroxylation is 1. The minimum Gasteiger partial charge on any atom is -0.355 e. The molecule has 1 aromatic rings. The van der Waals surface area contributed by atoms with Crippen molar-refractivity contribution in [3.63, 3.8) is 0 Å². The molecule has 140 valence electrons. The van der Waals surface area contributed by atoms with Crippen molar-refractivity contribution < 1.29 is 9.59 Å². The van der Waals surface area contributed by atoms with Crippen LogP contribution < -0.4 is 10.6 Å². The molecule has 2 amide bonds. The number of carbonyl (C=O) groups is 2. The molecule has 0 aliphatic carbocycles. The number of hydrogen-bond acceptors (Lipinski definition) is 3. The summed E-state index contributed by atoms with van der Waals surface area (Å²) >= 11 is 0. The van der Waals surface area contributed by atoms with Crippen LogP contribution in [0, 0.1) is 12.8 Å². The van der Waals surface area contributed by atoms with Gasteiger partial charge in [0.05, 0.1) is 5.92 Å². The fourth-order valence-corrected chi connectivity index (χ4v) is 2.97. The lowest BCUT2D eigenvalue weighted by Crippen LogP contribution is -2.46. The Bertz CT molecular complexity index is 548. The summed E-state index contributed by atoms with van der Waals surface area (Å²) in [5, 5.41) is 6.25. The van der Waals surface area contributed by atoms with Crippen LogP contribution in [0.2, 0.25) is 0 Å². The predicted molar refractivity (Wildman–Crippen MR) is 103 cm³/mol. The molecule has 25 heavy (non-hydrogen) atoms.